The molecule has 0 spiro atoms. The number of anilines is 2. The van der Waals surface area contributed by atoms with Crippen LogP contribution in [-0.4, -0.2) is 44.4 Å². The predicted octanol–water partition coefficient (Wildman–Crippen LogP) is 1.20. The Kier molecular flexibility index (Phi) is 4.26. The summed E-state index contributed by atoms with van der Waals surface area (Å²) in [5.74, 6) is 0.603. The number of amides is 1. The van der Waals surface area contributed by atoms with Gasteiger partial charge in [-0.2, -0.15) is 0 Å². The predicted molar refractivity (Wildman–Crippen MR) is 80.9 cm³/mol. The second-order valence-corrected chi connectivity index (χ2v) is 5.55. The Morgan fingerprint density at radius 2 is 2.38 bits per heavy atom. The third kappa shape index (κ3) is 3.65. The number of fused-ring (bicyclic) bond motifs is 1. The van der Waals surface area contributed by atoms with Crippen molar-refractivity contribution in [1.29, 1.82) is 0 Å². The first-order valence-electron chi connectivity index (χ1n) is 7.35. The Labute approximate surface area is 124 Å². The highest BCUT2D eigenvalue weighted by atomic mass is 16.5. The Bertz CT molecular complexity index is 515. The lowest BCUT2D eigenvalue weighted by atomic mass is 10.1. The van der Waals surface area contributed by atoms with Crippen LogP contribution >= 0.6 is 0 Å². The number of nitrogens with one attached hydrogen (secondary N) is 3. The summed E-state index contributed by atoms with van der Waals surface area (Å²) in [6, 6.07) is 6.46. The minimum absolute atomic E-state index is 0.0868. The van der Waals surface area contributed by atoms with Crippen LogP contribution in [-0.2, 0) is 9.53 Å². The zero-order chi connectivity index (χ0) is 14.7. The van der Waals surface area contributed by atoms with Crippen LogP contribution < -0.4 is 20.7 Å². The Morgan fingerprint density at radius 3 is 3.19 bits per heavy atom. The summed E-state index contributed by atoms with van der Waals surface area (Å²) in [5, 5.41) is 9.72. The van der Waals surface area contributed by atoms with E-state index in [1.54, 1.807) is 0 Å². The van der Waals surface area contributed by atoms with E-state index in [2.05, 4.69) is 22.9 Å². The maximum Gasteiger partial charge on any atom is 0.262 e. The van der Waals surface area contributed by atoms with Crippen molar-refractivity contribution in [3.8, 4) is 5.75 Å². The molecule has 1 fully saturated rings. The summed E-state index contributed by atoms with van der Waals surface area (Å²) < 4.78 is 10.8. The van der Waals surface area contributed by atoms with E-state index in [1.807, 2.05) is 18.2 Å². The van der Waals surface area contributed by atoms with Gasteiger partial charge in [0, 0.05) is 24.3 Å². The number of rotatable bonds is 4. The molecule has 2 atom stereocenters. The number of carbonyl (C=O) groups is 1. The summed E-state index contributed by atoms with van der Waals surface area (Å²) >= 11 is 0. The quantitative estimate of drug-likeness (QED) is 0.777. The van der Waals surface area contributed by atoms with Gasteiger partial charge in [0.05, 0.1) is 18.9 Å². The molecule has 0 bridgehead atoms. The van der Waals surface area contributed by atoms with Gasteiger partial charge in [-0.1, -0.05) is 0 Å². The molecule has 3 rings (SSSR count). The number of ether oxygens (including phenoxy) is 2. The van der Waals surface area contributed by atoms with E-state index < -0.39 is 0 Å². The van der Waals surface area contributed by atoms with Crippen LogP contribution in [0.4, 0.5) is 11.4 Å². The lowest BCUT2D eigenvalue weighted by Gasteiger charge is -2.27. The number of hydrogen-bond donors (Lipinski definition) is 3. The van der Waals surface area contributed by atoms with Gasteiger partial charge in [0.15, 0.2) is 6.61 Å². The van der Waals surface area contributed by atoms with Crippen molar-refractivity contribution in [3.05, 3.63) is 18.2 Å². The van der Waals surface area contributed by atoms with Crippen molar-refractivity contribution < 1.29 is 14.3 Å². The van der Waals surface area contributed by atoms with E-state index in [0.29, 0.717) is 12.1 Å². The summed E-state index contributed by atoms with van der Waals surface area (Å²) in [6.45, 7) is 4.71. The smallest absolute Gasteiger partial charge is 0.262 e. The molecule has 21 heavy (non-hydrogen) atoms. The molecule has 2 heterocycles. The average molecular weight is 291 g/mol. The third-order valence-electron chi connectivity index (χ3n) is 3.66. The van der Waals surface area contributed by atoms with E-state index in [0.717, 1.165) is 43.3 Å². The van der Waals surface area contributed by atoms with E-state index in [-0.39, 0.29) is 12.5 Å². The molecule has 2 aliphatic heterocycles. The fourth-order valence-electron chi connectivity index (χ4n) is 2.71. The first kappa shape index (κ1) is 14.2. The van der Waals surface area contributed by atoms with E-state index >= 15 is 0 Å². The van der Waals surface area contributed by atoms with Crippen molar-refractivity contribution in [3.63, 3.8) is 0 Å². The zero-order valence-electron chi connectivity index (χ0n) is 12.1. The Hall–Kier alpha value is -1.79. The van der Waals surface area contributed by atoms with E-state index in [9.17, 15) is 4.79 Å². The highest BCUT2D eigenvalue weighted by Gasteiger charge is 2.18. The lowest BCUT2D eigenvalue weighted by Crippen LogP contribution is -2.43. The van der Waals surface area contributed by atoms with Gasteiger partial charge in [-0.25, -0.2) is 0 Å². The average Bonchev–Trinajstić information content (AvgIpc) is 2.47. The van der Waals surface area contributed by atoms with Gasteiger partial charge in [0.25, 0.3) is 5.91 Å². The molecule has 114 valence electrons. The van der Waals surface area contributed by atoms with Crippen LogP contribution in [0.2, 0.25) is 0 Å². The SMILES string of the molecule is CC(CC1COCCN1)Nc1ccc2c(c1)NC(=O)CO2. The molecular weight excluding hydrogens is 270 g/mol. The molecule has 1 aromatic rings. The number of morpholine rings is 1. The van der Waals surface area contributed by atoms with Gasteiger partial charge in [-0.3, -0.25) is 4.79 Å². The Balaban J connectivity index is 1.59. The highest BCUT2D eigenvalue weighted by molar-refractivity contribution is 5.96. The van der Waals surface area contributed by atoms with Crippen molar-refractivity contribution >= 4 is 17.3 Å². The molecule has 0 radical (unpaired) electrons. The zero-order valence-corrected chi connectivity index (χ0v) is 12.1. The van der Waals surface area contributed by atoms with Gasteiger partial charge in [0.2, 0.25) is 0 Å². The minimum Gasteiger partial charge on any atom is -0.482 e. The topological polar surface area (TPSA) is 71.6 Å². The highest BCUT2D eigenvalue weighted by Crippen LogP contribution is 2.30. The fraction of sp³-hybridized carbons (Fsp3) is 0.533. The molecule has 0 saturated carbocycles. The second-order valence-electron chi connectivity index (χ2n) is 5.55. The maximum atomic E-state index is 11.3. The maximum absolute atomic E-state index is 11.3. The first-order valence-corrected chi connectivity index (χ1v) is 7.35. The lowest BCUT2D eigenvalue weighted by molar-refractivity contribution is -0.118. The molecule has 6 nitrogen and oxygen atoms in total. The standard InChI is InChI=1S/C15H21N3O3/c1-10(6-12-8-20-5-4-16-12)17-11-2-3-14-13(7-11)18-15(19)9-21-14/h2-3,7,10,12,16-17H,4-6,8-9H2,1H3,(H,18,19). The Morgan fingerprint density at radius 1 is 1.48 bits per heavy atom. The third-order valence-corrected chi connectivity index (χ3v) is 3.66. The van der Waals surface area contributed by atoms with Crippen molar-refractivity contribution in [2.45, 2.75) is 25.4 Å². The molecule has 2 aliphatic rings. The largest absolute Gasteiger partial charge is 0.482 e. The molecule has 2 unspecified atom stereocenters. The normalized spacial score (nSPS) is 22.7. The molecule has 1 amide bonds. The van der Waals surface area contributed by atoms with Gasteiger partial charge < -0.3 is 25.4 Å². The van der Waals surface area contributed by atoms with Crippen molar-refractivity contribution in [2.75, 3.05) is 37.0 Å². The minimum atomic E-state index is -0.115. The van der Waals surface area contributed by atoms with Crippen LogP contribution in [0.15, 0.2) is 18.2 Å². The monoisotopic (exact) mass is 291 g/mol. The molecule has 1 aromatic carbocycles. The molecule has 0 aromatic heterocycles. The molecule has 1 saturated heterocycles. The van der Waals surface area contributed by atoms with Crippen LogP contribution in [0, 0.1) is 0 Å². The summed E-state index contributed by atoms with van der Waals surface area (Å²) in [5.41, 5.74) is 1.70. The molecule has 6 heteroatoms. The second kappa shape index (κ2) is 6.32. The fourth-order valence-corrected chi connectivity index (χ4v) is 2.71. The molecular formula is C15H21N3O3. The molecule has 3 N–H and O–H groups in total. The van der Waals surface area contributed by atoms with Crippen LogP contribution in [0.1, 0.15) is 13.3 Å². The first-order chi connectivity index (χ1) is 10.2. The van der Waals surface area contributed by atoms with Gasteiger partial charge >= 0.3 is 0 Å². The summed E-state index contributed by atoms with van der Waals surface area (Å²) in [6.07, 6.45) is 0.986. The van der Waals surface area contributed by atoms with Crippen molar-refractivity contribution in [2.24, 2.45) is 0 Å². The van der Waals surface area contributed by atoms with E-state index in [4.69, 9.17) is 9.47 Å². The number of hydrogen-bond acceptors (Lipinski definition) is 5. The van der Waals surface area contributed by atoms with Crippen molar-refractivity contribution in [1.82, 2.24) is 5.32 Å². The van der Waals surface area contributed by atoms with Gasteiger partial charge in [-0.05, 0) is 31.5 Å². The van der Waals surface area contributed by atoms with E-state index in [1.165, 1.54) is 0 Å². The van der Waals surface area contributed by atoms with Gasteiger partial charge in [-0.15, -0.1) is 0 Å². The van der Waals surface area contributed by atoms with Crippen LogP contribution in [0.25, 0.3) is 0 Å². The van der Waals surface area contributed by atoms with Gasteiger partial charge in [0.1, 0.15) is 5.75 Å². The summed E-state index contributed by atoms with van der Waals surface area (Å²) in [7, 11) is 0. The molecule has 0 aliphatic carbocycles. The number of benzene rings is 1. The van der Waals surface area contributed by atoms with Crippen LogP contribution in [0.3, 0.4) is 0 Å². The van der Waals surface area contributed by atoms with Crippen LogP contribution in [0.5, 0.6) is 5.75 Å². The summed E-state index contributed by atoms with van der Waals surface area (Å²) in [4.78, 5) is 11.3. The number of carbonyl (C=O) groups excluding carboxylic acids is 1.